The quantitative estimate of drug-likeness (QED) is 0.453. The molecule has 0 spiro atoms. The van der Waals surface area contributed by atoms with E-state index in [9.17, 15) is 4.79 Å². The van der Waals surface area contributed by atoms with Crippen molar-refractivity contribution in [1.82, 2.24) is 14.8 Å². The van der Waals surface area contributed by atoms with Crippen LogP contribution in [-0.4, -0.2) is 48.3 Å². The second-order valence-electron chi connectivity index (χ2n) is 7.35. The third-order valence-electron chi connectivity index (χ3n) is 5.37. The van der Waals surface area contributed by atoms with Crippen LogP contribution in [0.4, 0.5) is 11.6 Å². The normalized spacial score (nSPS) is 14.8. The van der Waals surface area contributed by atoms with Gasteiger partial charge < -0.3 is 24.8 Å². The van der Waals surface area contributed by atoms with Crippen molar-refractivity contribution in [2.45, 2.75) is 18.1 Å². The van der Waals surface area contributed by atoms with Gasteiger partial charge >= 0.3 is 0 Å². The van der Waals surface area contributed by atoms with E-state index in [1.54, 1.807) is 50.3 Å². The number of hydrogen-bond acceptors (Lipinski definition) is 8. The average Bonchev–Trinajstić information content (AvgIpc) is 3.26. The maximum absolute atomic E-state index is 13.6. The number of thioether (sulfide) groups is 1. The molecule has 1 amide bonds. The van der Waals surface area contributed by atoms with E-state index >= 15 is 0 Å². The zero-order valence-electron chi connectivity index (χ0n) is 19.3. The maximum atomic E-state index is 13.6. The molecule has 34 heavy (non-hydrogen) atoms. The van der Waals surface area contributed by atoms with Crippen LogP contribution in [0.1, 0.15) is 18.5 Å². The Kier molecular flexibility index (Phi) is 6.90. The van der Waals surface area contributed by atoms with Crippen LogP contribution in [0.2, 0.25) is 5.02 Å². The number of nitrogens with zero attached hydrogens (tertiary/aromatic N) is 3. The van der Waals surface area contributed by atoms with Gasteiger partial charge in [-0.2, -0.15) is 4.98 Å². The molecule has 0 aliphatic carbocycles. The Morgan fingerprint density at radius 2 is 1.76 bits per heavy atom. The molecule has 0 saturated carbocycles. The van der Waals surface area contributed by atoms with E-state index in [1.807, 2.05) is 25.3 Å². The van der Waals surface area contributed by atoms with Gasteiger partial charge in [0, 0.05) is 16.4 Å². The number of halogens is 1. The fourth-order valence-corrected chi connectivity index (χ4v) is 4.28. The van der Waals surface area contributed by atoms with E-state index in [2.05, 4.69) is 20.7 Å². The fourth-order valence-electron chi connectivity index (χ4n) is 3.81. The van der Waals surface area contributed by atoms with Gasteiger partial charge in [0.15, 0.2) is 11.5 Å². The van der Waals surface area contributed by atoms with Gasteiger partial charge in [0.25, 0.3) is 5.91 Å². The number of benzene rings is 2. The molecule has 1 atom stereocenters. The van der Waals surface area contributed by atoms with Gasteiger partial charge in [-0.25, -0.2) is 4.68 Å². The molecule has 2 aromatic carbocycles. The van der Waals surface area contributed by atoms with Crippen molar-refractivity contribution in [2.75, 3.05) is 38.2 Å². The standard InChI is InChI=1S/C23H24ClN5O4S/c1-12-18(21(30)26-15-8-6-14(24)7-9-15)19(29-22(25-12)27-23(28-29)34-5)13-10-16(31-2)20(33-4)17(11-13)32-3/h6-11,19H,1-5H3,(H,26,30)(H,25,27,28)/t19-/m0/s1. The summed E-state index contributed by atoms with van der Waals surface area (Å²) in [6, 6.07) is 9.93. The first-order chi connectivity index (χ1) is 16.4. The topological polar surface area (TPSA) is 99.5 Å². The largest absolute Gasteiger partial charge is 0.493 e. The molecular formula is C23H24ClN5O4S. The summed E-state index contributed by atoms with van der Waals surface area (Å²) in [4.78, 5) is 18.1. The van der Waals surface area contributed by atoms with Crippen LogP contribution in [0.3, 0.4) is 0 Å². The minimum Gasteiger partial charge on any atom is -0.493 e. The number of fused-ring (bicyclic) bond motifs is 1. The van der Waals surface area contributed by atoms with E-state index in [0.29, 0.717) is 50.3 Å². The van der Waals surface area contributed by atoms with E-state index in [4.69, 9.17) is 25.8 Å². The molecule has 3 aromatic rings. The molecule has 0 unspecified atom stereocenters. The molecule has 2 N–H and O–H groups in total. The highest BCUT2D eigenvalue weighted by Gasteiger charge is 2.35. The summed E-state index contributed by atoms with van der Waals surface area (Å²) in [6.45, 7) is 1.83. The highest BCUT2D eigenvalue weighted by Crippen LogP contribution is 2.44. The predicted molar refractivity (Wildman–Crippen MR) is 132 cm³/mol. The van der Waals surface area contributed by atoms with E-state index in [1.165, 1.54) is 11.8 Å². The van der Waals surface area contributed by atoms with Crippen LogP contribution in [0.5, 0.6) is 17.2 Å². The van der Waals surface area contributed by atoms with Crippen molar-refractivity contribution in [3.8, 4) is 17.2 Å². The summed E-state index contributed by atoms with van der Waals surface area (Å²) in [5.41, 5.74) is 2.45. The Morgan fingerprint density at radius 1 is 1.12 bits per heavy atom. The molecule has 1 aliphatic heterocycles. The van der Waals surface area contributed by atoms with Gasteiger partial charge in [-0.1, -0.05) is 23.4 Å². The van der Waals surface area contributed by atoms with Gasteiger partial charge in [0.2, 0.25) is 16.9 Å². The van der Waals surface area contributed by atoms with E-state index in [0.717, 1.165) is 5.56 Å². The SMILES string of the molecule is COc1cc([C@H]2C(C(=O)Nc3ccc(Cl)cc3)=C(C)Nc3nc(SC)nn32)cc(OC)c1OC. The fraction of sp³-hybridized carbons (Fsp3) is 0.261. The number of allylic oxidation sites excluding steroid dienone is 1. The molecule has 9 nitrogen and oxygen atoms in total. The molecule has 1 aliphatic rings. The number of amides is 1. The number of ether oxygens (including phenoxy) is 3. The molecule has 1 aromatic heterocycles. The van der Waals surface area contributed by atoms with Gasteiger partial charge in [-0.3, -0.25) is 4.79 Å². The summed E-state index contributed by atoms with van der Waals surface area (Å²) >= 11 is 7.40. The number of nitrogens with one attached hydrogen (secondary N) is 2. The van der Waals surface area contributed by atoms with Crippen LogP contribution in [-0.2, 0) is 4.79 Å². The molecular weight excluding hydrogens is 478 g/mol. The lowest BCUT2D eigenvalue weighted by Crippen LogP contribution is -2.31. The molecule has 11 heteroatoms. The van der Waals surface area contributed by atoms with Crippen LogP contribution in [0.15, 0.2) is 52.8 Å². The van der Waals surface area contributed by atoms with Crippen molar-refractivity contribution in [2.24, 2.45) is 0 Å². The van der Waals surface area contributed by atoms with Crippen molar-refractivity contribution >= 4 is 40.9 Å². The Labute approximate surface area is 206 Å². The maximum Gasteiger partial charge on any atom is 0.255 e. The summed E-state index contributed by atoms with van der Waals surface area (Å²) in [5.74, 6) is 1.63. The lowest BCUT2D eigenvalue weighted by molar-refractivity contribution is -0.113. The van der Waals surface area contributed by atoms with Gasteiger partial charge in [-0.05, 0) is 55.1 Å². The second-order valence-corrected chi connectivity index (χ2v) is 8.56. The first-order valence-electron chi connectivity index (χ1n) is 10.2. The third kappa shape index (κ3) is 4.38. The van der Waals surface area contributed by atoms with Crippen molar-refractivity contribution in [3.05, 3.63) is 58.3 Å². The molecule has 0 saturated heterocycles. The Bertz CT molecular complexity index is 1230. The Morgan fingerprint density at radius 3 is 2.32 bits per heavy atom. The lowest BCUT2D eigenvalue weighted by Gasteiger charge is -2.29. The Balaban J connectivity index is 1.86. The predicted octanol–water partition coefficient (Wildman–Crippen LogP) is 4.61. The minimum atomic E-state index is -0.606. The van der Waals surface area contributed by atoms with Crippen molar-refractivity contribution < 1.29 is 19.0 Å². The molecule has 4 rings (SSSR count). The lowest BCUT2D eigenvalue weighted by atomic mass is 9.94. The number of carbonyl (C=O) groups is 1. The van der Waals surface area contributed by atoms with Crippen LogP contribution < -0.4 is 24.8 Å². The summed E-state index contributed by atoms with van der Waals surface area (Å²) in [5, 5.41) is 11.9. The number of carbonyl (C=O) groups excluding carboxylic acids is 1. The monoisotopic (exact) mass is 501 g/mol. The molecule has 0 bridgehead atoms. The van der Waals surface area contributed by atoms with Gasteiger partial charge in [-0.15, -0.1) is 5.10 Å². The molecule has 0 fully saturated rings. The molecule has 178 valence electrons. The summed E-state index contributed by atoms with van der Waals surface area (Å²) in [6.07, 6.45) is 1.89. The first-order valence-corrected chi connectivity index (χ1v) is 11.9. The summed E-state index contributed by atoms with van der Waals surface area (Å²) < 4.78 is 18.3. The van der Waals surface area contributed by atoms with Gasteiger partial charge in [0.1, 0.15) is 6.04 Å². The van der Waals surface area contributed by atoms with Crippen LogP contribution >= 0.6 is 23.4 Å². The average molecular weight is 502 g/mol. The van der Waals surface area contributed by atoms with Crippen molar-refractivity contribution in [3.63, 3.8) is 0 Å². The highest BCUT2D eigenvalue weighted by molar-refractivity contribution is 7.98. The molecule has 0 radical (unpaired) electrons. The first kappa shape index (κ1) is 23.8. The molecule has 2 heterocycles. The number of rotatable bonds is 7. The third-order valence-corrected chi connectivity index (χ3v) is 6.16. The highest BCUT2D eigenvalue weighted by atomic mass is 35.5. The van der Waals surface area contributed by atoms with E-state index in [-0.39, 0.29) is 5.91 Å². The number of hydrogen-bond donors (Lipinski definition) is 2. The van der Waals surface area contributed by atoms with Crippen molar-refractivity contribution in [1.29, 1.82) is 0 Å². The van der Waals surface area contributed by atoms with Crippen LogP contribution in [0, 0.1) is 0 Å². The van der Waals surface area contributed by atoms with Gasteiger partial charge in [0.05, 0.1) is 26.9 Å². The van der Waals surface area contributed by atoms with Crippen LogP contribution in [0.25, 0.3) is 0 Å². The second kappa shape index (κ2) is 9.86. The van der Waals surface area contributed by atoms with E-state index < -0.39 is 6.04 Å². The number of anilines is 2. The number of aromatic nitrogens is 3. The Hall–Kier alpha value is -3.37. The minimum absolute atomic E-state index is 0.294. The summed E-state index contributed by atoms with van der Waals surface area (Å²) in [7, 11) is 4.64. The zero-order valence-corrected chi connectivity index (χ0v) is 20.9. The smallest absolute Gasteiger partial charge is 0.255 e. The zero-order chi connectivity index (χ0) is 24.4. The number of methoxy groups -OCH3 is 3.